The molecule has 2 aromatic rings. The van der Waals surface area contributed by atoms with Crippen LogP contribution in [0, 0.1) is 11.8 Å². The zero-order valence-corrected chi connectivity index (χ0v) is 17.9. The van der Waals surface area contributed by atoms with Crippen molar-refractivity contribution < 1.29 is 4.79 Å². The van der Waals surface area contributed by atoms with Crippen molar-refractivity contribution >= 4 is 22.5 Å². The molecule has 0 saturated carbocycles. The summed E-state index contributed by atoms with van der Waals surface area (Å²) in [6, 6.07) is 7.21. The van der Waals surface area contributed by atoms with Crippen LogP contribution < -0.4 is 16.2 Å². The van der Waals surface area contributed by atoms with E-state index in [-0.39, 0.29) is 11.6 Å². The molecule has 158 valence electrons. The number of likely N-dealkylation sites (tertiary alicyclic amines) is 1. The molecule has 6 nitrogen and oxygen atoms in total. The van der Waals surface area contributed by atoms with E-state index in [0.29, 0.717) is 30.1 Å². The Labute approximate surface area is 173 Å². The lowest BCUT2D eigenvalue weighted by molar-refractivity contribution is 0.190. The van der Waals surface area contributed by atoms with Gasteiger partial charge in [-0.05, 0) is 56.8 Å². The van der Waals surface area contributed by atoms with Crippen molar-refractivity contribution in [2.45, 2.75) is 46.6 Å². The van der Waals surface area contributed by atoms with Crippen molar-refractivity contribution in [3.8, 4) is 0 Å². The third-order valence-electron chi connectivity index (χ3n) is 5.62. The van der Waals surface area contributed by atoms with Gasteiger partial charge >= 0.3 is 6.03 Å². The summed E-state index contributed by atoms with van der Waals surface area (Å²) >= 11 is 0. The molecule has 2 N–H and O–H groups in total. The highest BCUT2D eigenvalue weighted by Crippen LogP contribution is 2.21. The minimum atomic E-state index is -0.225. The first-order valence-electron chi connectivity index (χ1n) is 10.8. The largest absolute Gasteiger partial charge is 0.338 e. The molecule has 1 aromatic heterocycles. The molecule has 1 fully saturated rings. The number of nitrogens with one attached hydrogen (secondary N) is 2. The van der Waals surface area contributed by atoms with Gasteiger partial charge in [0.1, 0.15) is 0 Å². The molecule has 1 aliphatic rings. The third kappa shape index (κ3) is 5.82. The predicted octanol–water partition coefficient (Wildman–Crippen LogP) is 3.90. The first-order chi connectivity index (χ1) is 13.9. The van der Waals surface area contributed by atoms with E-state index in [4.69, 9.17) is 0 Å². The fraction of sp³-hybridized carbons (Fsp3) is 0.565. The van der Waals surface area contributed by atoms with Gasteiger partial charge < -0.3 is 20.1 Å². The SMILES string of the molecule is CC(C)Cn1cc(NC(=O)NCCCN2CCC(C)CC2)c2ccccc2c1=O. The molecule has 1 aromatic carbocycles. The normalized spacial score (nSPS) is 15.7. The van der Waals surface area contributed by atoms with E-state index in [1.165, 1.54) is 12.8 Å². The molecule has 0 atom stereocenters. The minimum absolute atomic E-state index is 0.0175. The number of pyridine rings is 1. The van der Waals surface area contributed by atoms with Gasteiger partial charge in [0.25, 0.3) is 5.56 Å². The summed E-state index contributed by atoms with van der Waals surface area (Å²) in [7, 11) is 0. The summed E-state index contributed by atoms with van der Waals surface area (Å²) in [5.41, 5.74) is 0.652. The topological polar surface area (TPSA) is 66.4 Å². The van der Waals surface area contributed by atoms with E-state index >= 15 is 0 Å². The van der Waals surface area contributed by atoms with Gasteiger partial charge in [0.05, 0.1) is 5.69 Å². The molecule has 0 radical (unpaired) electrons. The number of rotatable bonds is 7. The van der Waals surface area contributed by atoms with Crippen LogP contribution in [0.4, 0.5) is 10.5 Å². The Balaban J connectivity index is 1.59. The molecule has 0 bridgehead atoms. The Morgan fingerprint density at radius 2 is 1.86 bits per heavy atom. The van der Waals surface area contributed by atoms with Gasteiger partial charge in [-0.1, -0.05) is 39.0 Å². The Kier molecular flexibility index (Phi) is 7.31. The summed E-state index contributed by atoms with van der Waals surface area (Å²) in [5, 5.41) is 7.30. The molecule has 0 unspecified atom stereocenters. The van der Waals surface area contributed by atoms with Crippen LogP contribution in [0.1, 0.15) is 40.0 Å². The monoisotopic (exact) mass is 398 g/mol. The highest BCUT2D eigenvalue weighted by atomic mass is 16.2. The maximum absolute atomic E-state index is 12.7. The zero-order chi connectivity index (χ0) is 20.8. The average Bonchev–Trinajstić information content (AvgIpc) is 2.70. The second-order valence-electron chi connectivity index (χ2n) is 8.70. The van der Waals surface area contributed by atoms with Gasteiger partial charge in [-0.25, -0.2) is 4.79 Å². The lowest BCUT2D eigenvalue weighted by atomic mass is 9.99. The average molecular weight is 399 g/mol. The molecule has 0 aliphatic carbocycles. The number of benzene rings is 1. The summed E-state index contributed by atoms with van der Waals surface area (Å²) in [6.45, 7) is 11.1. The summed E-state index contributed by atoms with van der Waals surface area (Å²) in [6.07, 6.45) is 5.24. The van der Waals surface area contributed by atoms with E-state index < -0.39 is 0 Å². The molecule has 3 rings (SSSR count). The van der Waals surface area contributed by atoms with Crippen molar-refractivity contribution in [3.05, 3.63) is 40.8 Å². The molecule has 0 spiro atoms. The Morgan fingerprint density at radius 3 is 2.55 bits per heavy atom. The molecular weight excluding hydrogens is 364 g/mol. The molecular formula is C23H34N4O2. The number of hydrogen-bond donors (Lipinski definition) is 2. The lowest BCUT2D eigenvalue weighted by Gasteiger charge is -2.30. The smallest absolute Gasteiger partial charge is 0.319 e. The Bertz CT molecular complexity index is 882. The standard InChI is InChI=1S/C23H34N4O2/c1-17(2)15-27-16-21(19-7-4-5-8-20(19)22(27)28)25-23(29)24-11-6-12-26-13-9-18(3)10-14-26/h4-5,7-8,16-18H,6,9-15H2,1-3H3,(H2,24,25,29). The molecule has 2 heterocycles. The van der Waals surface area contributed by atoms with Crippen LogP contribution in [0.25, 0.3) is 10.8 Å². The number of anilines is 1. The summed E-state index contributed by atoms with van der Waals surface area (Å²) in [5.74, 6) is 1.18. The number of fused-ring (bicyclic) bond motifs is 1. The number of piperidine rings is 1. The number of urea groups is 1. The van der Waals surface area contributed by atoms with Gasteiger partial charge in [-0.3, -0.25) is 4.79 Å². The number of carbonyl (C=O) groups is 1. The van der Waals surface area contributed by atoms with E-state index in [1.54, 1.807) is 10.8 Å². The van der Waals surface area contributed by atoms with Crippen LogP contribution in [0.3, 0.4) is 0 Å². The highest BCUT2D eigenvalue weighted by molar-refractivity contribution is 6.00. The lowest BCUT2D eigenvalue weighted by Crippen LogP contribution is -2.36. The number of nitrogens with zero attached hydrogens (tertiary/aromatic N) is 2. The van der Waals surface area contributed by atoms with E-state index in [9.17, 15) is 9.59 Å². The molecule has 2 amide bonds. The van der Waals surface area contributed by atoms with Gasteiger partial charge in [-0.15, -0.1) is 0 Å². The van der Waals surface area contributed by atoms with E-state index in [0.717, 1.165) is 37.4 Å². The Hall–Kier alpha value is -2.34. The van der Waals surface area contributed by atoms with Crippen LogP contribution in [0.15, 0.2) is 35.3 Å². The molecule has 29 heavy (non-hydrogen) atoms. The molecule has 6 heteroatoms. The summed E-state index contributed by atoms with van der Waals surface area (Å²) in [4.78, 5) is 27.6. The third-order valence-corrected chi connectivity index (χ3v) is 5.62. The van der Waals surface area contributed by atoms with E-state index in [1.807, 2.05) is 24.3 Å². The Morgan fingerprint density at radius 1 is 1.17 bits per heavy atom. The summed E-state index contributed by atoms with van der Waals surface area (Å²) < 4.78 is 1.69. The predicted molar refractivity (Wildman–Crippen MR) is 120 cm³/mol. The minimum Gasteiger partial charge on any atom is -0.338 e. The van der Waals surface area contributed by atoms with Crippen LogP contribution in [0.5, 0.6) is 0 Å². The first kappa shape index (κ1) is 21.4. The molecule has 1 aliphatic heterocycles. The van der Waals surface area contributed by atoms with E-state index in [2.05, 4.69) is 36.3 Å². The second-order valence-corrected chi connectivity index (χ2v) is 8.70. The zero-order valence-electron chi connectivity index (χ0n) is 17.9. The van der Waals surface area contributed by atoms with Crippen molar-refractivity contribution in [2.24, 2.45) is 11.8 Å². The fourth-order valence-corrected chi connectivity index (χ4v) is 3.93. The number of hydrogen-bond acceptors (Lipinski definition) is 3. The van der Waals surface area contributed by atoms with Crippen LogP contribution >= 0.6 is 0 Å². The van der Waals surface area contributed by atoms with Gasteiger partial charge in [0.15, 0.2) is 0 Å². The van der Waals surface area contributed by atoms with Gasteiger partial charge in [-0.2, -0.15) is 0 Å². The number of aromatic nitrogens is 1. The van der Waals surface area contributed by atoms with Crippen LogP contribution in [-0.4, -0.2) is 41.7 Å². The van der Waals surface area contributed by atoms with Gasteiger partial charge in [0, 0.05) is 30.1 Å². The maximum atomic E-state index is 12.7. The second kappa shape index (κ2) is 9.92. The van der Waals surface area contributed by atoms with Crippen molar-refractivity contribution in [2.75, 3.05) is 31.5 Å². The number of carbonyl (C=O) groups excluding carboxylic acids is 1. The fourth-order valence-electron chi connectivity index (χ4n) is 3.93. The number of amides is 2. The molecule has 1 saturated heterocycles. The van der Waals surface area contributed by atoms with Crippen molar-refractivity contribution in [3.63, 3.8) is 0 Å². The highest BCUT2D eigenvalue weighted by Gasteiger charge is 2.15. The van der Waals surface area contributed by atoms with Crippen molar-refractivity contribution in [1.82, 2.24) is 14.8 Å². The van der Waals surface area contributed by atoms with Crippen LogP contribution in [-0.2, 0) is 6.54 Å². The van der Waals surface area contributed by atoms with Gasteiger partial charge in [0.2, 0.25) is 0 Å². The maximum Gasteiger partial charge on any atom is 0.319 e. The first-order valence-corrected chi connectivity index (χ1v) is 10.8. The van der Waals surface area contributed by atoms with Crippen LogP contribution in [0.2, 0.25) is 0 Å². The quantitative estimate of drug-likeness (QED) is 0.695. The van der Waals surface area contributed by atoms with Crippen molar-refractivity contribution in [1.29, 1.82) is 0 Å².